The van der Waals surface area contributed by atoms with Gasteiger partial charge in [-0.1, -0.05) is 57.2 Å². The van der Waals surface area contributed by atoms with E-state index in [1.165, 1.54) is 11.6 Å². The van der Waals surface area contributed by atoms with Gasteiger partial charge in [0.2, 0.25) is 0 Å². The van der Waals surface area contributed by atoms with Gasteiger partial charge in [0.1, 0.15) is 0 Å². The standard InChI is InChI=1S/C21H19F3N2/c1-20(2,3)17-9-7-14(8-10-17)16-12-25-19(26-13-16)15-5-4-6-18(11-15)21(22,23)24/h4-13H,1-3H3. The van der Waals surface area contributed by atoms with Crippen molar-refractivity contribution in [3.8, 4) is 22.5 Å². The Hall–Kier alpha value is -2.69. The fourth-order valence-electron chi connectivity index (χ4n) is 2.62. The molecule has 134 valence electrons. The van der Waals surface area contributed by atoms with Crippen molar-refractivity contribution in [2.45, 2.75) is 32.4 Å². The molecular weight excluding hydrogens is 337 g/mol. The van der Waals surface area contributed by atoms with E-state index in [2.05, 4.69) is 42.9 Å². The van der Waals surface area contributed by atoms with Crippen LogP contribution in [0.25, 0.3) is 22.5 Å². The summed E-state index contributed by atoms with van der Waals surface area (Å²) in [5.74, 6) is 0.270. The highest BCUT2D eigenvalue weighted by molar-refractivity contribution is 5.64. The summed E-state index contributed by atoms with van der Waals surface area (Å²) in [6, 6.07) is 13.2. The zero-order valence-corrected chi connectivity index (χ0v) is 14.8. The monoisotopic (exact) mass is 356 g/mol. The number of nitrogens with zero attached hydrogens (tertiary/aromatic N) is 2. The normalized spacial score (nSPS) is 12.2. The number of aromatic nitrogens is 2. The SMILES string of the molecule is CC(C)(C)c1ccc(-c2cnc(-c3cccc(C(F)(F)F)c3)nc2)cc1. The van der Waals surface area contributed by atoms with Crippen LogP contribution >= 0.6 is 0 Å². The molecule has 5 heteroatoms. The molecule has 0 radical (unpaired) electrons. The van der Waals surface area contributed by atoms with Crippen molar-refractivity contribution in [1.82, 2.24) is 9.97 Å². The summed E-state index contributed by atoms with van der Waals surface area (Å²) in [5.41, 5.74) is 2.72. The molecule has 1 aromatic heterocycles. The predicted octanol–water partition coefficient (Wildman–Crippen LogP) is 6.13. The number of hydrogen-bond donors (Lipinski definition) is 0. The van der Waals surface area contributed by atoms with E-state index < -0.39 is 11.7 Å². The summed E-state index contributed by atoms with van der Waals surface area (Å²) in [4.78, 5) is 8.48. The predicted molar refractivity (Wildman–Crippen MR) is 96.6 cm³/mol. The molecule has 1 heterocycles. The summed E-state index contributed by atoms with van der Waals surface area (Å²) in [5, 5.41) is 0. The number of alkyl halides is 3. The molecule has 0 amide bonds. The van der Waals surface area contributed by atoms with Gasteiger partial charge in [-0.3, -0.25) is 0 Å². The zero-order chi connectivity index (χ0) is 18.9. The van der Waals surface area contributed by atoms with Crippen molar-refractivity contribution >= 4 is 0 Å². The summed E-state index contributed by atoms with van der Waals surface area (Å²) < 4.78 is 38.5. The van der Waals surface area contributed by atoms with E-state index in [0.717, 1.165) is 23.3 Å². The van der Waals surface area contributed by atoms with Gasteiger partial charge in [-0.15, -0.1) is 0 Å². The Labute approximate surface area is 150 Å². The lowest BCUT2D eigenvalue weighted by Gasteiger charge is -2.19. The highest BCUT2D eigenvalue weighted by atomic mass is 19.4. The van der Waals surface area contributed by atoms with Gasteiger partial charge in [0.15, 0.2) is 5.82 Å². The molecule has 3 rings (SSSR count). The summed E-state index contributed by atoms with van der Waals surface area (Å²) in [6.45, 7) is 6.44. The van der Waals surface area contributed by atoms with Crippen LogP contribution < -0.4 is 0 Å². The first-order valence-corrected chi connectivity index (χ1v) is 8.25. The van der Waals surface area contributed by atoms with Crippen molar-refractivity contribution in [2.24, 2.45) is 0 Å². The lowest BCUT2D eigenvalue weighted by Crippen LogP contribution is -2.10. The van der Waals surface area contributed by atoms with E-state index in [4.69, 9.17) is 0 Å². The third-order valence-corrected chi connectivity index (χ3v) is 4.18. The smallest absolute Gasteiger partial charge is 0.236 e. The number of halogens is 3. The van der Waals surface area contributed by atoms with Crippen molar-refractivity contribution in [3.05, 3.63) is 72.1 Å². The Morgan fingerprint density at radius 3 is 1.85 bits per heavy atom. The Kier molecular flexibility index (Phi) is 4.57. The number of benzene rings is 2. The summed E-state index contributed by atoms with van der Waals surface area (Å²) in [6.07, 6.45) is -1.12. The molecular formula is C21H19F3N2. The van der Waals surface area contributed by atoms with Crippen molar-refractivity contribution in [2.75, 3.05) is 0 Å². The molecule has 0 spiro atoms. The lowest BCUT2D eigenvalue weighted by molar-refractivity contribution is -0.137. The van der Waals surface area contributed by atoms with Crippen LogP contribution in [-0.2, 0) is 11.6 Å². The van der Waals surface area contributed by atoms with Gasteiger partial charge < -0.3 is 0 Å². The van der Waals surface area contributed by atoms with Gasteiger partial charge in [0.25, 0.3) is 0 Å². The molecule has 0 N–H and O–H groups in total. The molecule has 26 heavy (non-hydrogen) atoms. The Balaban J connectivity index is 1.87. The first-order chi connectivity index (χ1) is 12.1. The molecule has 0 bridgehead atoms. The molecule has 0 aliphatic rings. The van der Waals surface area contributed by atoms with Gasteiger partial charge in [0.05, 0.1) is 5.56 Å². The average molecular weight is 356 g/mol. The maximum absolute atomic E-state index is 12.8. The molecule has 3 aromatic rings. The molecule has 2 aromatic carbocycles. The quantitative estimate of drug-likeness (QED) is 0.552. The van der Waals surface area contributed by atoms with E-state index >= 15 is 0 Å². The topological polar surface area (TPSA) is 25.8 Å². The van der Waals surface area contributed by atoms with E-state index in [1.54, 1.807) is 18.5 Å². The summed E-state index contributed by atoms with van der Waals surface area (Å²) >= 11 is 0. The Morgan fingerprint density at radius 2 is 1.31 bits per heavy atom. The minimum absolute atomic E-state index is 0.0718. The molecule has 0 aliphatic carbocycles. The van der Waals surface area contributed by atoms with Gasteiger partial charge >= 0.3 is 6.18 Å². The van der Waals surface area contributed by atoms with E-state index in [9.17, 15) is 13.2 Å². The van der Waals surface area contributed by atoms with Gasteiger partial charge in [0, 0.05) is 23.5 Å². The first kappa shape index (κ1) is 18.1. The van der Waals surface area contributed by atoms with Crippen LogP contribution in [0.1, 0.15) is 31.9 Å². The van der Waals surface area contributed by atoms with Crippen molar-refractivity contribution in [1.29, 1.82) is 0 Å². The van der Waals surface area contributed by atoms with E-state index in [0.29, 0.717) is 5.56 Å². The fraction of sp³-hybridized carbons (Fsp3) is 0.238. The van der Waals surface area contributed by atoms with Crippen LogP contribution in [0.15, 0.2) is 60.9 Å². The largest absolute Gasteiger partial charge is 0.416 e. The minimum Gasteiger partial charge on any atom is -0.236 e. The Bertz CT molecular complexity index is 890. The second-order valence-corrected chi connectivity index (χ2v) is 7.20. The molecule has 0 saturated carbocycles. The highest BCUT2D eigenvalue weighted by Gasteiger charge is 2.30. The second-order valence-electron chi connectivity index (χ2n) is 7.20. The lowest BCUT2D eigenvalue weighted by atomic mass is 9.86. The van der Waals surface area contributed by atoms with Crippen LogP contribution in [0.2, 0.25) is 0 Å². The highest BCUT2D eigenvalue weighted by Crippen LogP contribution is 2.31. The van der Waals surface area contributed by atoms with Gasteiger partial charge in [-0.2, -0.15) is 13.2 Å². The van der Waals surface area contributed by atoms with E-state index in [-0.39, 0.29) is 11.2 Å². The van der Waals surface area contributed by atoms with Gasteiger partial charge in [-0.25, -0.2) is 9.97 Å². The maximum Gasteiger partial charge on any atom is 0.416 e. The third kappa shape index (κ3) is 3.93. The minimum atomic E-state index is -4.38. The van der Waals surface area contributed by atoms with Crippen LogP contribution in [0.3, 0.4) is 0 Å². The molecule has 0 unspecified atom stereocenters. The van der Waals surface area contributed by atoms with Crippen LogP contribution in [0.4, 0.5) is 13.2 Å². The second kappa shape index (κ2) is 6.56. The van der Waals surface area contributed by atoms with Crippen LogP contribution in [-0.4, -0.2) is 9.97 Å². The van der Waals surface area contributed by atoms with Gasteiger partial charge in [-0.05, 0) is 28.7 Å². The molecule has 0 aliphatic heterocycles. The number of rotatable bonds is 2. The molecule has 0 saturated heterocycles. The average Bonchev–Trinajstić information content (AvgIpc) is 2.61. The molecule has 0 atom stereocenters. The molecule has 0 fully saturated rings. The third-order valence-electron chi connectivity index (χ3n) is 4.18. The van der Waals surface area contributed by atoms with Crippen LogP contribution in [0, 0.1) is 0 Å². The van der Waals surface area contributed by atoms with Crippen molar-refractivity contribution in [3.63, 3.8) is 0 Å². The maximum atomic E-state index is 12.8. The van der Waals surface area contributed by atoms with Crippen LogP contribution in [0.5, 0.6) is 0 Å². The van der Waals surface area contributed by atoms with E-state index in [1.807, 2.05) is 12.1 Å². The number of hydrogen-bond acceptors (Lipinski definition) is 2. The fourth-order valence-corrected chi connectivity index (χ4v) is 2.62. The zero-order valence-electron chi connectivity index (χ0n) is 14.8. The summed E-state index contributed by atoms with van der Waals surface area (Å²) in [7, 11) is 0. The first-order valence-electron chi connectivity index (χ1n) is 8.25. The van der Waals surface area contributed by atoms with Crippen molar-refractivity contribution < 1.29 is 13.2 Å². The Morgan fingerprint density at radius 1 is 0.692 bits per heavy atom. The molecule has 2 nitrogen and oxygen atoms in total.